The molecule has 2 aromatic heterocycles. The second kappa shape index (κ2) is 7.81. The molecule has 0 aliphatic carbocycles. The van der Waals surface area contributed by atoms with Gasteiger partial charge in [-0.05, 0) is 43.0 Å². The summed E-state index contributed by atoms with van der Waals surface area (Å²) < 4.78 is 19.2. The van der Waals surface area contributed by atoms with E-state index in [0.29, 0.717) is 49.0 Å². The molecule has 3 heterocycles. The Morgan fingerprint density at radius 2 is 2.04 bits per heavy atom. The van der Waals surface area contributed by atoms with Gasteiger partial charge in [0.2, 0.25) is 11.7 Å². The zero-order valence-corrected chi connectivity index (χ0v) is 16.6. The Morgan fingerprint density at radius 3 is 2.71 bits per heavy atom. The number of carbonyl (C=O) groups is 1. The Kier molecular flexibility index (Phi) is 5.23. The van der Waals surface area contributed by atoms with E-state index in [-0.39, 0.29) is 17.8 Å². The largest absolute Gasteiger partial charge is 0.337 e. The van der Waals surface area contributed by atoms with Gasteiger partial charge < -0.3 is 9.42 Å². The van der Waals surface area contributed by atoms with Gasteiger partial charge in [-0.25, -0.2) is 4.39 Å². The molecule has 1 amide bonds. The van der Waals surface area contributed by atoms with Crippen LogP contribution in [0.15, 0.2) is 40.2 Å². The highest BCUT2D eigenvalue weighted by atomic mass is 32.1. The molecule has 0 saturated carbocycles. The first-order valence-corrected chi connectivity index (χ1v) is 10.1. The minimum Gasteiger partial charge on any atom is -0.337 e. The van der Waals surface area contributed by atoms with E-state index in [9.17, 15) is 9.18 Å². The van der Waals surface area contributed by atoms with E-state index >= 15 is 0 Å². The van der Waals surface area contributed by atoms with Gasteiger partial charge in [-0.3, -0.25) is 9.69 Å². The van der Waals surface area contributed by atoms with Gasteiger partial charge in [0.25, 0.3) is 5.91 Å². The molecule has 1 saturated heterocycles. The van der Waals surface area contributed by atoms with Crippen molar-refractivity contribution in [3.8, 4) is 10.7 Å². The van der Waals surface area contributed by atoms with Crippen LogP contribution >= 0.6 is 11.3 Å². The summed E-state index contributed by atoms with van der Waals surface area (Å²) in [6.45, 7) is 6.24. The molecule has 0 N–H and O–H groups in total. The van der Waals surface area contributed by atoms with Crippen LogP contribution in [0.1, 0.15) is 34.8 Å². The van der Waals surface area contributed by atoms with Crippen LogP contribution in [0, 0.1) is 12.7 Å². The normalized spacial score (nSPS) is 16.3. The smallest absolute Gasteiger partial charge is 0.254 e. The second-order valence-corrected chi connectivity index (χ2v) is 7.85. The molecule has 1 aliphatic heterocycles. The molecule has 1 fully saturated rings. The number of benzene rings is 1. The second-order valence-electron chi connectivity index (χ2n) is 6.90. The van der Waals surface area contributed by atoms with Crippen molar-refractivity contribution in [1.29, 1.82) is 0 Å². The van der Waals surface area contributed by atoms with Crippen molar-refractivity contribution in [2.45, 2.75) is 19.9 Å². The molecule has 0 bridgehead atoms. The molecule has 3 aromatic rings. The minimum absolute atomic E-state index is 0.0321. The molecule has 1 aliphatic rings. The lowest BCUT2D eigenvalue weighted by molar-refractivity contribution is 0.0551. The molecular weight excluding hydrogens is 379 g/mol. The monoisotopic (exact) mass is 400 g/mol. The molecule has 6 nitrogen and oxygen atoms in total. The number of carbonyl (C=O) groups excluding carboxylic acids is 1. The van der Waals surface area contributed by atoms with E-state index in [2.05, 4.69) is 15.0 Å². The zero-order chi connectivity index (χ0) is 19.7. The van der Waals surface area contributed by atoms with E-state index in [0.717, 1.165) is 4.88 Å². The molecule has 28 heavy (non-hydrogen) atoms. The summed E-state index contributed by atoms with van der Waals surface area (Å²) in [6, 6.07) is 8.52. The highest BCUT2D eigenvalue weighted by molar-refractivity contribution is 7.13. The van der Waals surface area contributed by atoms with Gasteiger partial charge in [0.1, 0.15) is 5.82 Å². The predicted octanol–water partition coefficient (Wildman–Crippen LogP) is 3.76. The first kappa shape index (κ1) is 18.8. The lowest BCUT2D eigenvalue weighted by Crippen LogP contribution is -2.49. The Morgan fingerprint density at radius 1 is 1.25 bits per heavy atom. The van der Waals surface area contributed by atoms with Gasteiger partial charge in [-0.1, -0.05) is 17.3 Å². The van der Waals surface area contributed by atoms with Crippen molar-refractivity contribution in [1.82, 2.24) is 19.9 Å². The maximum atomic E-state index is 13.8. The summed E-state index contributed by atoms with van der Waals surface area (Å²) in [6.07, 6.45) is 0. The standard InChI is InChI=1S/C20H21FN4O2S/c1-13-5-6-15(12-16(13)21)20(26)25-9-7-24(8-10-25)14(2)19-22-18(23-27-19)17-4-3-11-28-17/h3-6,11-12,14H,7-10H2,1-2H3. The summed E-state index contributed by atoms with van der Waals surface area (Å²) in [4.78, 5) is 22.1. The lowest BCUT2D eigenvalue weighted by Gasteiger charge is -2.36. The Hall–Kier alpha value is -2.58. The molecule has 1 unspecified atom stereocenters. The maximum absolute atomic E-state index is 13.8. The lowest BCUT2D eigenvalue weighted by atomic mass is 10.1. The Labute approximate surface area is 166 Å². The fraction of sp³-hybridized carbons (Fsp3) is 0.350. The molecule has 1 aromatic carbocycles. The minimum atomic E-state index is -0.351. The number of hydrogen-bond acceptors (Lipinski definition) is 6. The fourth-order valence-electron chi connectivity index (χ4n) is 3.29. The Bertz CT molecular complexity index is 965. The van der Waals surface area contributed by atoms with Crippen LogP contribution in [0.3, 0.4) is 0 Å². The maximum Gasteiger partial charge on any atom is 0.254 e. The number of rotatable bonds is 4. The quantitative estimate of drug-likeness (QED) is 0.667. The summed E-state index contributed by atoms with van der Waals surface area (Å²) in [5.74, 6) is 0.691. The number of aromatic nitrogens is 2. The molecule has 8 heteroatoms. The molecule has 0 radical (unpaired) electrons. The van der Waals surface area contributed by atoms with Crippen LogP contribution in [-0.2, 0) is 0 Å². The van der Waals surface area contributed by atoms with Gasteiger partial charge >= 0.3 is 0 Å². The third-order valence-corrected chi connectivity index (χ3v) is 5.97. The van der Waals surface area contributed by atoms with Crippen molar-refractivity contribution in [2.24, 2.45) is 0 Å². The van der Waals surface area contributed by atoms with Crippen LogP contribution < -0.4 is 0 Å². The number of hydrogen-bond donors (Lipinski definition) is 0. The first-order chi connectivity index (χ1) is 13.5. The number of halogens is 1. The number of piperazine rings is 1. The Balaban J connectivity index is 1.38. The van der Waals surface area contributed by atoms with E-state index in [1.165, 1.54) is 6.07 Å². The van der Waals surface area contributed by atoms with E-state index in [4.69, 9.17) is 4.52 Å². The fourth-order valence-corrected chi connectivity index (χ4v) is 3.94. The highest BCUT2D eigenvalue weighted by Crippen LogP contribution is 2.26. The molecule has 1 atom stereocenters. The van der Waals surface area contributed by atoms with Gasteiger partial charge in [0.05, 0.1) is 10.9 Å². The zero-order valence-electron chi connectivity index (χ0n) is 15.8. The van der Waals surface area contributed by atoms with Crippen molar-refractivity contribution in [3.05, 3.63) is 58.5 Å². The molecule has 4 rings (SSSR count). The summed E-state index contributed by atoms with van der Waals surface area (Å²) in [5, 5.41) is 6.05. The van der Waals surface area contributed by atoms with Crippen LogP contribution in [0.4, 0.5) is 4.39 Å². The average Bonchev–Trinajstić information content (AvgIpc) is 3.41. The van der Waals surface area contributed by atoms with Crippen LogP contribution in [-0.4, -0.2) is 52.0 Å². The number of aryl methyl sites for hydroxylation is 1. The van der Waals surface area contributed by atoms with Gasteiger partial charge in [0.15, 0.2) is 0 Å². The molecule has 0 spiro atoms. The van der Waals surface area contributed by atoms with Gasteiger partial charge in [-0.2, -0.15) is 4.98 Å². The topological polar surface area (TPSA) is 62.5 Å². The predicted molar refractivity (Wildman–Crippen MR) is 105 cm³/mol. The third-order valence-electron chi connectivity index (χ3n) is 5.11. The van der Waals surface area contributed by atoms with Crippen LogP contribution in [0.5, 0.6) is 0 Å². The van der Waals surface area contributed by atoms with Gasteiger partial charge in [0, 0.05) is 31.7 Å². The summed E-state index contributed by atoms with van der Waals surface area (Å²) in [5.41, 5.74) is 0.929. The van der Waals surface area contributed by atoms with Crippen LogP contribution in [0.25, 0.3) is 10.7 Å². The first-order valence-electron chi connectivity index (χ1n) is 9.20. The number of nitrogens with zero attached hydrogens (tertiary/aromatic N) is 4. The summed E-state index contributed by atoms with van der Waals surface area (Å²) in [7, 11) is 0. The molecular formula is C20H21FN4O2S. The van der Waals surface area contributed by atoms with Crippen molar-refractivity contribution in [3.63, 3.8) is 0 Å². The SMILES string of the molecule is Cc1ccc(C(=O)N2CCN(C(C)c3nc(-c4cccs4)no3)CC2)cc1F. The number of amides is 1. The van der Waals surface area contributed by atoms with Crippen LogP contribution in [0.2, 0.25) is 0 Å². The summed E-state index contributed by atoms with van der Waals surface area (Å²) >= 11 is 1.57. The highest BCUT2D eigenvalue weighted by Gasteiger charge is 2.28. The van der Waals surface area contributed by atoms with E-state index in [1.54, 1.807) is 35.3 Å². The molecule has 146 valence electrons. The van der Waals surface area contributed by atoms with Crippen molar-refractivity contribution in [2.75, 3.05) is 26.2 Å². The van der Waals surface area contributed by atoms with Crippen molar-refractivity contribution < 1.29 is 13.7 Å². The van der Waals surface area contributed by atoms with E-state index < -0.39 is 0 Å². The number of thiophene rings is 1. The van der Waals surface area contributed by atoms with Crippen molar-refractivity contribution >= 4 is 17.2 Å². The van der Waals surface area contributed by atoms with E-state index in [1.807, 2.05) is 24.4 Å². The third kappa shape index (κ3) is 3.70. The van der Waals surface area contributed by atoms with Gasteiger partial charge in [-0.15, -0.1) is 11.3 Å². The average molecular weight is 400 g/mol.